The van der Waals surface area contributed by atoms with E-state index in [1.807, 2.05) is 18.4 Å². The number of hydrogen-bond acceptors (Lipinski definition) is 4. The van der Waals surface area contributed by atoms with Crippen LogP contribution in [0.5, 0.6) is 0 Å². The minimum atomic E-state index is -0.493. The van der Waals surface area contributed by atoms with Crippen molar-refractivity contribution in [3.05, 3.63) is 15.9 Å². The molecule has 0 saturated heterocycles. The number of nitrogens with zero attached hydrogens (tertiary/aromatic N) is 1. The average Bonchev–Trinajstić information content (AvgIpc) is 2.73. The van der Waals surface area contributed by atoms with Crippen LogP contribution in [0.3, 0.4) is 0 Å². The van der Waals surface area contributed by atoms with E-state index in [-0.39, 0.29) is 5.91 Å². The van der Waals surface area contributed by atoms with Crippen molar-refractivity contribution in [2.24, 2.45) is 0 Å². The second-order valence-electron chi connectivity index (χ2n) is 4.12. The van der Waals surface area contributed by atoms with Crippen molar-refractivity contribution in [1.29, 1.82) is 0 Å². The number of hydrogen-bond donors (Lipinski definition) is 0. The Morgan fingerprint density at radius 3 is 2.78 bits per heavy atom. The van der Waals surface area contributed by atoms with Crippen LogP contribution in [0.4, 0.5) is 0 Å². The van der Waals surface area contributed by atoms with Gasteiger partial charge in [-0.05, 0) is 40.7 Å². The monoisotopic (exact) mass is 351 g/mol. The highest BCUT2D eigenvalue weighted by atomic mass is 79.9. The fraction of sp³-hybridized carbons (Fsp3) is 0.583. The molecular formula is C12H18BrNO2S2. The molecule has 1 atom stereocenters. The summed E-state index contributed by atoms with van der Waals surface area (Å²) in [5.74, 6) is -0.00264. The first-order valence-corrected chi connectivity index (χ1v) is 8.17. The minimum absolute atomic E-state index is 0.00264. The predicted molar refractivity (Wildman–Crippen MR) is 81.0 cm³/mol. The van der Waals surface area contributed by atoms with Gasteiger partial charge in [0.2, 0.25) is 0 Å². The summed E-state index contributed by atoms with van der Waals surface area (Å²) in [6.07, 6.45) is 1.77. The molecule has 1 rings (SSSR count). The zero-order chi connectivity index (χ0) is 13.8. The van der Waals surface area contributed by atoms with Gasteiger partial charge in [-0.3, -0.25) is 9.63 Å². The molecule has 1 unspecified atom stereocenters. The maximum atomic E-state index is 12.4. The quantitative estimate of drug-likeness (QED) is 0.568. The zero-order valence-corrected chi connectivity index (χ0v) is 14.2. The summed E-state index contributed by atoms with van der Waals surface area (Å²) >= 11 is 6.75. The molecule has 18 heavy (non-hydrogen) atoms. The van der Waals surface area contributed by atoms with Crippen LogP contribution in [-0.4, -0.2) is 29.9 Å². The molecule has 0 spiro atoms. The highest BCUT2D eigenvalue weighted by Crippen LogP contribution is 2.43. The minimum Gasteiger partial charge on any atom is -0.275 e. The van der Waals surface area contributed by atoms with Crippen LogP contribution in [0.1, 0.15) is 26.7 Å². The second-order valence-corrected chi connectivity index (χ2v) is 7.67. The normalized spacial score (nSPS) is 14.3. The molecule has 1 aromatic rings. The number of amides is 1. The van der Waals surface area contributed by atoms with Crippen LogP contribution >= 0.6 is 39.0 Å². The summed E-state index contributed by atoms with van der Waals surface area (Å²) < 4.78 is 1.68. The molecule has 0 aromatic carbocycles. The molecule has 0 aliphatic heterocycles. The summed E-state index contributed by atoms with van der Waals surface area (Å²) in [7, 11) is 3.16. The second kappa shape index (κ2) is 6.93. The number of carbonyl (C=O) groups excluding carboxylic acids is 1. The molecule has 1 amide bonds. The number of halogens is 1. The first kappa shape index (κ1) is 16.0. The highest BCUT2D eigenvalue weighted by Gasteiger charge is 2.37. The lowest BCUT2D eigenvalue weighted by Gasteiger charge is -2.30. The molecular weight excluding hydrogens is 334 g/mol. The molecule has 0 aliphatic rings. The lowest BCUT2D eigenvalue weighted by Crippen LogP contribution is -2.42. The van der Waals surface area contributed by atoms with E-state index in [0.29, 0.717) is 0 Å². The van der Waals surface area contributed by atoms with E-state index >= 15 is 0 Å². The van der Waals surface area contributed by atoms with Gasteiger partial charge in [-0.1, -0.05) is 25.1 Å². The molecule has 1 heterocycles. The maximum Gasteiger partial charge on any atom is 0.262 e. The van der Waals surface area contributed by atoms with Gasteiger partial charge >= 0.3 is 0 Å². The summed E-state index contributed by atoms with van der Waals surface area (Å²) in [5.41, 5.74) is 0. The van der Waals surface area contributed by atoms with Crippen LogP contribution in [0.15, 0.2) is 20.1 Å². The lowest BCUT2D eigenvalue weighted by molar-refractivity contribution is -0.171. The Morgan fingerprint density at radius 1 is 1.67 bits per heavy atom. The van der Waals surface area contributed by atoms with Gasteiger partial charge in [0, 0.05) is 11.5 Å². The fourth-order valence-electron chi connectivity index (χ4n) is 1.65. The summed E-state index contributed by atoms with van der Waals surface area (Å²) in [5, 5.41) is 3.33. The molecule has 0 saturated carbocycles. The third kappa shape index (κ3) is 3.73. The van der Waals surface area contributed by atoms with E-state index in [0.717, 1.165) is 21.5 Å². The van der Waals surface area contributed by atoms with Gasteiger partial charge < -0.3 is 0 Å². The largest absolute Gasteiger partial charge is 0.275 e. The third-order valence-electron chi connectivity index (χ3n) is 2.64. The first-order chi connectivity index (χ1) is 8.44. The van der Waals surface area contributed by atoms with Crippen molar-refractivity contribution >= 4 is 44.9 Å². The van der Waals surface area contributed by atoms with Crippen molar-refractivity contribution in [2.45, 2.75) is 35.6 Å². The van der Waals surface area contributed by atoms with E-state index in [9.17, 15) is 4.79 Å². The van der Waals surface area contributed by atoms with Crippen molar-refractivity contribution in [2.75, 3.05) is 14.2 Å². The van der Waals surface area contributed by atoms with Crippen LogP contribution in [-0.2, 0) is 9.63 Å². The van der Waals surface area contributed by atoms with Gasteiger partial charge in [-0.2, -0.15) is 0 Å². The Morgan fingerprint density at radius 2 is 2.33 bits per heavy atom. The number of thiophene rings is 1. The Kier molecular flexibility index (Phi) is 6.17. The van der Waals surface area contributed by atoms with Crippen LogP contribution in [0, 0.1) is 0 Å². The SMILES string of the molecule is CCCC(C)(Sc1sccc1Br)C(=O)N(C)OC. The Hall–Kier alpha value is -0.0400. The van der Waals surface area contributed by atoms with Crippen molar-refractivity contribution in [1.82, 2.24) is 5.06 Å². The summed E-state index contributed by atoms with van der Waals surface area (Å²) in [6.45, 7) is 4.06. The molecule has 0 aliphatic carbocycles. The van der Waals surface area contributed by atoms with E-state index in [1.54, 1.807) is 30.1 Å². The third-order valence-corrected chi connectivity index (χ3v) is 6.31. The standard InChI is InChI=1S/C12H18BrNO2S2/c1-5-7-12(2,11(15)14(3)16-4)18-10-9(13)6-8-17-10/h6,8H,5,7H2,1-4H3. The number of carbonyl (C=O) groups is 1. The van der Waals surface area contributed by atoms with E-state index in [1.165, 1.54) is 12.2 Å². The summed E-state index contributed by atoms with van der Waals surface area (Å²) in [4.78, 5) is 17.4. The van der Waals surface area contributed by atoms with E-state index < -0.39 is 4.75 Å². The molecule has 0 fully saturated rings. The van der Waals surface area contributed by atoms with Gasteiger partial charge in [0.15, 0.2) is 0 Å². The van der Waals surface area contributed by atoms with Crippen LogP contribution < -0.4 is 0 Å². The molecule has 102 valence electrons. The average molecular weight is 352 g/mol. The predicted octanol–water partition coefficient (Wildman–Crippen LogP) is 4.18. The number of thioether (sulfide) groups is 1. The highest BCUT2D eigenvalue weighted by molar-refractivity contribution is 9.10. The Labute approximate surface area is 125 Å². The Balaban J connectivity index is 2.93. The van der Waals surface area contributed by atoms with Gasteiger partial charge in [0.25, 0.3) is 5.91 Å². The van der Waals surface area contributed by atoms with Gasteiger partial charge in [-0.15, -0.1) is 11.3 Å². The van der Waals surface area contributed by atoms with Gasteiger partial charge in [-0.25, -0.2) is 5.06 Å². The topological polar surface area (TPSA) is 29.5 Å². The van der Waals surface area contributed by atoms with Crippen LogP contribution in [0.25, 0.3) is 0 Å². The fourth-order valence-corrected chi connectivity index (χ4v) is 5.00. The van der Waals surface area contributed by atoms with Crippen molar-refractivity contribution in [3.8, 4) is 0 Å². The van der Waals surface area contributed by atoms with Crippen molar-refractivity contribution in [3.63, 3.8) is 0 Å². The molecule has 0 N–H and O–H groups in total. The smallest absolute Gasteiger partial charge is 0.262 e. The van der Waals surface area contributed by atoms with Gasteiger partial charge in [0.05, 0.1) is 16.1 Å². The maximum absolute atomic E-state index is 12.4. The van der Waals surface area contributed by atoms with Gasteiger partial charge in [0.1, 0.15) is 0 Å². The van der Waals surface area contributed by atoms with Crippen LogP contribution in [0.2, 0.25) is 0 Å². The molecule has 6 heteroatoms. The van der Waals surface area contributed by atoms with E-state index in [4.69, 9.17) is 4.84 Å². The Bertz CT molecular complexity index is 411. The van der Waals surface area contributed by atoms with E-state index in [2.05, 4.69) is 22.9 Å². The molecule has 0 bridgehead atoms. The molecule has 0 radical (unpaired) electrons. The summed E-state index contributed by atoms with van der Waals surface area (Å²) in [6, 6.07) is 2.00. The first-order valence-electron chi connectivity index (χ1n) is 5.69. The zero-order valence-electron chi connectivity index (χ0n) is 11.0. The molecule has 3 nitrogen and oxygen atoms in total. The number of rotatable bonds is 6. The number of hydroxylamine groups is 2. The van der Waals surface area contributed by atoms with Crippen molar-refractivity contribution < 1.29 is 9.63 Å². The molecule has 1 aromatic heterocycles. The lowest BCUT2D eigenvalue weighted by atomic mass is 10.0.